The van der Waals surface area contributed by atoms with Crippen molar-refractivity contribution in [3.8, 4) is 0 Å². The maximum Gasteiger partial charge on any atom is 0.0640 e. The standard InChI is InChI=1S/C16H29N3O/c1-4-16(5-2)19-8-6-14(18-19)11-15(17-3)10-13-7-9-20-12-13/h6,8,13,15-17H,4-5,7,9-12H2,1-3H3. The van der Waals surface area contributed by atoms with Crippen molar-refractivity contribution in [2.24, 2.45) is 5.92 Å². The Morgan fingerprint density at radius 3 is 2.85 bits per heavy atom. The third-order valence-electron chi connectivity index (χ3n) is 4.49. The lowest BCUT2D eigenvalue weighted by molar-refractivity contribution is 0.181. The molecule has 114 valence electrons. The highest BCUT2D eigenvalue weighted by atomic mass is 16.5. The van der Waals surface area contributed by atoms with Crippen LogP contribution in [0, 0.1) is 5.92 Å². The highest BCUT2D eigenvalue weighted by Gasteiger charge is 2.21. The fraction of sp³-hybridized carbons (Fsp3) is 0.812. The van der Waals surface area contributed by atoms with Gasteiger partial charge in [-0.2, -0.15) is 5.10 Å². The van der Waals surface area contributed by atoms with E-state index in [1.165, 1.54) is 18.5 Å². The van der Waals surface area contributed by atoms with Crippen molar-refractivity contribution in [1.82, 2.24) is 15.1 Å². The van der Waals surface area contributed by atoms with Crippen LogP contribution in [-0.2, 0) is 11.2 Å². The second-order valence-electron chi connectivity index (χ2n) is 5.91. The van der Waals surface area contributed by atoms with Gasteiger partial charge >= 0.3 is 0 Å². The maximum atomic E-state index is 5.47. The lowest BCUT2D eigenvalue weighted by Gasteiger charge is -2.18. The van der Waals surface area contributed by atoms with Gasteiger partial charge in [0.05, 0.1) is 11.7 Å². The molecule has 0 spiro atoms. The maximum absolute atomic E-state index is 5.47. The molecule has 1 fully saturated rings. The molecule has 2 heterocycles. The minimum absolute atomic E-state index is 0.506. The van der Waals surface area contributed by atoms with Crippen LogP contribution >= 0.6 is 0 Å². The van der Waals surface area contributed by atoms with E-state index >= 15 is 0 Å². The molecule has 2 atom stereocenters. The molecule has 1 aromatic heterocycles. The number of nitrogens with zero attached hydrogens (tertiary/aromatic N) is 2. The minimum Gasteiger partial charge on any atom is -0.381 e. The topological polar surface area (TPSA) is 39.1 Å². The quantitative estimate of drug-likeness (QED) is 0.795. The molecule has 2 unspecified atom stereocenters. The van der Waals surface area contributed by atoms with E-state index in [2.05, 4.69) is 43.2 Å². The molecule has 0 saturated carbocycles. The van der Waals surface area contributed by atoms with Crippen molar-refractivity contribution in [3.05, 3.63) is 18.0 Å². The van der Waals surface area contributed by atoms with Crippen LogP contribution in [-0.4, -0.2) is 36.1 Å². The summed E-state index contributed by atoms with van der Waals surface area (Å²) in [5.41, 5.74) is 1.20. The summed E-state index contributed by atoms with van der Waals surface area (Å²) in [4.78, 5) is 0. The molecule has 0 radical (unpaired) electrons. The first-order valence-corrected chi connectivity index (χ1v) is 8.05. The van der Waals surface area contributed by atoms with E-state index in [1.54, 1.807) is 0 Å². The molecule has 0 bridgehead atoms. The second kappa shape index (κ2) is 7.79. The molecule has 4 nitrogen and oxygen atoms in total. The zero-order chi connectivity index (χ0) is 14.4. The SMILES string of the molecule is CCC(CC)n1ccc(CC(CC2CCOC2)NC)n1. The molecule has 1 aliphatic heterocycles. The molecule has 1 aromatic rings. The van der Waals surface area contributed by atoms with E-state index in [-0.39, 0.29) is 0 Å². The van der Waals surface area contributed by atoms with Crippen molar-refractivity contribution in [2.75, 3.05) is 20.3 Å². The lowest BCUT2D eigenvalue weighted by atomic mass is 9.96. The smallest absolute Gasteiger partial charge is 0.0640 e. The van der Waals surface area contributed by atoms with E-state index in [0.717, 1.165) is 32.5 Å². The van der Waals surface area contributed by atoms with E-state index in [0.29, 0.717) is 18.0 Å². The Balaban J connectivity index is 1.90. The zero-order valence-electron chi connectivity index (χ0n) is 13.1. The third kappa shape index (κ3) is 4.06. The minimum atomic E-state index is 0.506. The molecular formula is C16H29N3O. The Labute approximate surface area is 122 Å². The molecule has 0 aromatic carbocycles. The van der Waals surface area contributed by atoms with Crippen molar-refractivity contribution in [3.63, 3.8) is 0 Å². The highest BCUT2D eigenvalue weighted by molar-refractivity contribution is 5.02. The predicted molar refractivity (Wildman–Crippen MR) is 81.9 cm³/mol. The average molecular weight is 279 g/mol. The summed E-state index contributed by atoms with van der Waals surface area (Å²) in [5.74, 6) is 0.716. The van der Waals surface area contributed by atoms with Crippen molar-refractivity contribution < 1.29 is 4.74 Å². The van der Waals surface area contributed by atoms with Gasteiger partial charge in [-0.15, -0.1) is 0 Å². The molecular weight excluding hydrogens is 250 g/mol. The second-order valence-corrected chi connectivity index (χ2v) is 5.91. The summed E-state index contributed by atoms with van der Waals surface area (Å²) < 4.78 is 7.61. The number of hydrogen-bond acceptors (Lipinski definition) is 3. The van der Waals surface area contributed by atoms with Gasteiger partial charge in [0.2, 0.25) is 0 Å². The molecule has 1 aliphatic rings. The van der Waals surface area contributed by atoms with Crippen LogP contribution in [0.15, 0.2) is 12.3 Å². The number of aromatic nitrogens is 2. The van der Waals surface area contributed by atoms with Crippen LogP contribution in [0.5, 0.6) is 0 Å². The van der Waals surface area contributed by atoms with E-state index in [1.807, 2.05) is 0 Å². The largest absolute Gasteiger partial charge is 0.381 e. The molecule has 2 rings (SSSR count). The Bertz CT molecular complexity index is 381. The first-order chi connectivity index (χ1) is 9.76. The van der Waals surface area contributed by atoms with Crippen LogP contribution in [0.2, 0.25) is 0 Å². The Morgan fingerprint density at radius 2 is 2.25 bits per heavy atom. The van der Waals surface area contributed by atoms with Crippen molar-refractivity contribution >= 4 is 0 Å². The molecule has 4 heteroatoms. The van der Waals surface area contributed by atoms with Gasteiger partial charge in [0.1, 0.15) is 0 Å². The summed E-state index contributed by atoms with van der Waals surface area (Å²) in [5, 5.41) is 8.20. The van der Waals surface area contributed by atoms with Gasteiger partial charge in [-0.1, -0.05) is 13.8 Å². The Kier molecular flexibility index (Phi) is 6.05. The Morgan fingerprint density at radius 1 is 1.45 bits per heavy atom. The van der Waals surface area contributed by atoms with Gasteiger partial charge in [0, 0.05) is 31.9 Å². The van der Waals surface area contributed by atoms with E-state index in [9.17, 15) is 0 Å². The molecule has 1 saturated heterocycles. The first kappa shape index (κ1) is 15.5. The first-order valence-electron chi connectivity index (χ1n) is 8.05. The van der Waals surface area contributed by atoms with Gasteiger partial charge in [0.15, 0.2) is 0 Å². The van der Waals surface area contributed by atoms with E-state index in [4.69, 9.17) is 9.84 Å². The molecule has 0 aliphatic carbocycles. The van der Waals surface area contributed by atoms with E-state index < -0.39 is 0 Å². The van der Waals surface area contributed by atoms with Crippen LogP contribution in [0.25, 0.3) is 0 Å². The number of nitrogens with one attached hydrogen (secondary N) is 1. The van der Waals surface area contributed by atoms with Crippen LogP contribution in [0.3, 0.4) is 0 Å². The summed E-state index contributed by atoms with van der Waals surface area (Å²) in [6.07, 6.45) is 7.84. The summed E-state index contributed by atoms with van der Waals surface area (Å²) in [7, 11) is 2.05. The van der Waals surface area contributed by atoms with Crippen LogP contribution in [0.4, 0.5) is 0 Å². The molecule has 20 heavy (non-hydrogen) atoms. The third-order valence-corrected chi connectivity index (χ3v) is 4.49. The molecule has 0 amide bonds. The van der Waals surface area contributed by atoms with Crippen LogP contribution in [0.1, 0.15) is 51.3 Å². The summed E-state index contributed by atoms with van der Waals surface area (Å²) >= 11 is 0. The van der Waals surface area contributed by atoms with Gasteiger partial charge < -0.3 is 10.1 Å². The monoisotopic (exact) mass is 279 g/mol. The fourth-order valence-corrected chi connectivity index (χ4v) is 3.08. The van der Waals surface area contributed by atoms with Crippen molar-refractivity contribution in [2.45, 2.75) is 58.0 Å². The number of ether oxygens (including phenoxy) is 1. The Hall–Kier alpha value is -0.870. The molecule has 1 N–H and O–H groups in total. The summed E-state index contributed by atoms with van der Waals surface area (Å²) in [6, 6.07) is 3.22. The van der Waals surface area contributed by atoms with Gasteiger partial charge in [-0.25, -0.2) is 0 Å². The van der Waals surface area contributed by atoms with Gasteiger partial charge in [-0.3, -0.25) is 4.68 Å². The fourth-order valence-electron chi connectivity index (χ4n) is 3.08. The zero-order valence-corrected chi connectivity index (χ0v) is 13.1. The number of rotatable bonds is 8. The van der Waals surface area contributed by atoms with Gasteiger partial charge in [-0.05, 0) is 44.7 Å². The number of likely N-dealkylation sites (N-methyl/N-ethyl adjacent to an activating group) is 1. The summed E-state index contributed by atoms with van der Waals surface area (Å²) in [6.45, 7) is 6.32. The normalized spacial score (nSPS) is 20.7. The number of hydrogen-bond donors (Lipinski definition) is 1. The predicted octanol–water partition coefficient (Wildman–Crippen LogP) is 2.80. The highest BCUT2D eigenvalue weighted by Crippen LogP contribution is 2.20. The van der Waals surface area contributed by atoms with Crippen molar-refractivity contribution in [1.29, 1.82) is 0 Å². The van der Waals surface area contributed by atoms with Crippen LogP contribution < -0.4 is 5.32 Å². The lowest BCUT2D eigenvalue weighted by Crippen LogP contribution is -2.30. The average Bonchev–Trinajstić information content (AvgIpc) is 3.12. The van der Waals surface area contributed by atoms with Gasteiger partial charge in [0.25, 0.3) is 0 Å².